The Morgan fingerprint density at radius 2 is 2.09 bits per heavy atom. The van der Waals surface area contributed by atoms with Crippen LogP contribution in [0.5, 0.6) is 0 Å². The van der Waals surface area contributed by atoms with Crippen molar-refractivity contribution in [1.29, 1.82) is 0 Å². The van der Waals surface area contributed by atoms with Crippen molar-refractivity contribution in [2.45, 2.75) is 63.7 Å². The van der Waals surface area contributed by atoms with Crippen molar-refractivity contribution < 1.29 is 9.47 Å². The lowest BCUT2D eigenvalue weighted by Gasteiger charge is -2.57. The summed E-state index contributed by atoms with van der Waals surface area (Å²) in [6.07, 6.45) is 6.95. The second-order valence-corrected chi connectivity index (χ2v) is 7.70. The largest absolute Gasteiger partial charge is 0.377 e. The fraction of sp³-hybridized carbons (Fsp3) is 0.941. The molecule has 1 spiro atoms. The highest BCUT2D eigenvalue weighted by Gasteiger charge is 2.65. The quantitative estimate of drug-likeness (QED) is 0.615. The van der Waals surface area contributed by atoms with Gasteiger partial charge in [0.05, 0.1) is 11.7 Å². The van der Waals surface area contributed by atoms with E-state index < -0.39 is 0 Å². The van der Waals surface area contributed by atoms with Gasteiger partial charge in [-0.05, 0) is 33.1 Å². The molecule has 3 unspecified atom stereocenters. The number of methoxy groups -OCH3 is 1. The normalized spacial score (nSPS) is 33.6. The summed E-state index contributed by atoms with van der Waals surface area (Å²) < 4.78 is 11.5. The first-order valence-corrected chi connectivity index (χ1v) is 8.66. The van der Waals surface area contributed by atoms with Gasteiger partial charge in [-0.25, -0.2) is 0 Å². The minimum absolute atomic E-state index is 0.193. The third kappa shape index (κ3) is 2.62. The smallest absolute Gasteiger partial charge is 0.191 e. The molecule has 0 radical (unpaired) electrons. The molecular formula is C17H31N3O2. The Hall–Kier alpha value is -0.810. The van der Waals surface area contributed by atoms with Crippen molar-refractivity contribution in [2.75, 3.05) is 27.3 Å². The minimum Gasteiger partial charge on any atom is -0.377 e. The fourth-order valence-corrected chi connectivity index (χ4v) is 4.61. The summed E-state index contributed by atoms with van der Waals surface area (Å²) in [5, 5.41) is 7.13. The van der Waals surface area contributed by atoms with Gasteiger partial charge in [0.2, 0.25) is 0 Å². The molecule has 1 aliphatic heterocycles. The van der Waals surface area contributed by atoms with Crippen LogP contribution in [0, 0.1) is 11.3 Å². The van der Waals surface area contributed by atoms with E-state index in [-0.39, 0.29) is 5.60 Å². The molecule has 126 valence electrons. The molecule has 1 saturated heterocycles. The van der Waals surface area contributed by atoms with Gasteiger partial charge in [-0.1, -0.05) is 12.8 Å². The van der Waals surface area contributed by atoms with Crippen LogP contribution in [0.2, 0.25) is 0 Å². The number of rotatable bonds is 4. The van der Waals surface area contributed by atoms with Crippen molar-refractivity contribution in [3.8, 4) is 0 Å². The monoisotopic (exact) mass is 309 g/mol. The summed E-state index contributed by atoms with van der Waals surface area (Å²) in [4.78, 5) is 4.41. The highest BCUT2D eigenvalue weighted by molar-refractivity contribution is 5.80. The zero-order chi connectivity index (χ0) is 15.8. The summed E-state index contributed by atoms with van der Waals surface area (Å²) in [5.74, 6) is 1.55. The standard InChI is InChI=1S/C17H31N3O2/c1-16(2,21-4)11-19-15(18-3)20-13-12-7-10-22-14(12)17(13)8-5-6-9-17/h12-14H,5-11H2,1-4H3,(H2,18,19,20). The van der Waals surface area contributed by atoms with E-state index in [1.54, 1.807) is 7.11 Å². The number of nitrogens with zero attached hydrogens (tertiary/aromatic N) is 1. The van der Waals surface area contributed by atoms with E-state index in [2.05, 4.69) is 29.5 Å². The van der Waals surface area contributed by atoms with Gasteiger partial charge < -0.3 is 20.1 Å². The van der Waals surface area contributed by atoms with Gasteiger partial charge in [0.25, 0.3) is 0 Å². The molecule has 2 aliphatic carbocycles. The lowest BCUT2D eigenvalue weighted by atomic mass is 9.54. The topological polar surface area (TPSA) is 54.9 Å². The lowest BCUT2D eigenvalue weighted by Crippen LogP contribution is -2.69. The summed E-state index contributed by atoms with van der Waals surface area (Å²) in [5.41, 5.74) is 0.164. The summed E-state index contributed by atoms with van der Waals surface area (Å²) >= 11 is 0. The molecule has 22 heavy (non-hydrogen) atoms. The van der Waals surface area contributed by atoms with E-state index in [1.165, 1.54) is 32.1 Å². The molecular weight excluding hydrogens is 278 g/mol. The highest BCUT2D eigenvalue weighted by Crippen LogP contribution is 2.60. The van der Waals surface area contributed by atoms with Crippen molar-refractivity contribution in [3.05, 3.63) is 0 Å². The maximum absolute atomic E-state index is 6.05. The predicted octanol–water partition coefficient (Wildman–Crippen LogP) is 1.92. The average molecular weight is 309 g/mol. The maximum atomic E-state index is 6.05. The van der Waals surface area contributed by atoms with E-state index >= 15 is 0 Å². The van der Waals surface area contributed by atoms with Crippen molar-refractivity contribution in [3.63, 3.8) is 0 Å². The van der Waals surface area contributed by atoms with Gasteiger partial charge in [-0.3, -0.25) is 4.99 Å². The molecule has 5 nitrogen and oxygen atoms in total. The number of guanidine groups is 1. The molecule has 3 fully saturated rings. The van der Waals surface area contributed by atoms with Crippen LogP contribution in [0.1, 0.15) is 46.0 Å². The number of nitrogens with one attached hydrogen (secondary N) is 2. The van der Waals surface area contributed by atoms with Crippen LogP contribution in [0.3, 0.4) is 0 Å². The number of hydrogen-bond acceptors (Lipinski definition) is 3. The predicted molar refractivity (Wildman–Crippen MR) is 88.1 cm³/mol. The van der Waals surface area contributed by atoms with Crippen LogP contribution in [-0.2, 0) is 9.47 Å². The molecule has 0 amide bonds. The summed E-state index contributed by atoms with van der Waals surface area (Å²) in [6, 6.07) is 0.513. The third-order valence-corrected chi connectivity index (χ3v) is 6.04. The number of ether oxygens (including phenoxy) is 2. The van der Waals surface area contributed by atoms with Gasteiger partial charge in [-0.2, -0.15) is 0 Å². The Bertz CT molecular complexity index is 430. The molecule has 0 bridgehead atoms. The lowest BCUT2D eigenvalue weighted by molar-refractivity contribution is -0.125. The average Bonchev–Trinajstić information content (AvgIpc) is 3.15. The molecule has 3 atom stereocenters. The maximum Gasteiger partial charge on any atom is 0.191 e. The van der Waals surface area contributed by atoms with Crippen LogP contribution in [0.4, 0.5) is 0 Å². The molecule has 2 saturated carbocycles. The molecule has 3 rings (SSSR count). The molecule has 1 heterocycles. The first-order chi connectivity index (χ1) is 10.5. The second-order valence-electron chi connectivity index (χ2n) is 7.70. The molecule has 3 aliphatic rings. The van der Waals surface area contributed by atoms with Crippen molar-refractivity contribution in [1.82, 2.24) is 10.6 Å². The first-order valence-electron chi connectivity index (χ1n) is 8.66. The zero-order valence-corrected chi connectivity index (χ0v) is 14.4. The van der Waals surface area contributed by atoms with Crippen LogP contribution >= 0.6 is 0 Å². The van der Waals surface area contributed by atoms with Crippen molar-refractivity contribution in [2.24, 2.45) is 16.3 Å². The Labute approximate surface area is 134 Å². The highest BCUT2D eigenvalue weighted by atomic mass is 16.5. The van der Waals surface area contributed by atoms with E-state index in [0.29, 0.717) is 23.5 Å². The Balaban J connectivity index is 1.63. The van der Waals surface area contributed by atoms with Gasteiger partial charge in [0, 0.05) is 44.7 Å². The van der Waals surface area contributed by atoms with Crippen LogP contribution in [0.25, 0.3) is 0 Å². The summed E-state index contributed by atoms with van der Waals surface area (Å²) in [6.45, 7) is 5.83. The van der Waals surface area contributed by atoms with E-state index in [9.17, 15) is 0 Å². The fourth-order valence-electron chi connectivity index (χ4n) is 4.61. The number of fused-ring (bicyclic) bond motifs is 2. The Kier molecular flexibility index (Phi) is 4.38. The number of hydrogen-bond donors (Lipinski definition) is 2. The first kappa shape index (κ1) is 16.1. The minimum atomic E-state index is -0.193. The van der Waals surface area contributed by atoms with Gasteiger partial charge in [-0.15, -0.1) is 0 Å². The van der Waals surface area contributed by atoms with Gasteiger partial charge >= 0.3 is 0 Å². The summed E-state index contributed by atoms with van der Waals surface area (Å²) in [7, 11) is 3.59. The van der Waals surface area contributed by atoms with Crippen LogP contribution < -0.4 is 10.6 Å². The second kappa shape index (κ2) is 6.00. The third-order valence-electron chi connectivity index (χ3n) is 6.04. The van der Waals surface area contributed by atoms with E-state index in [0.717, 1.165) is 19.1 Å². The SMILES string of the molecule is CN=C(NCC(C)(C)OC)NC1C2CCOC2C12CCCC2. The van der Waals surface area contributed by atoms with Crippen molar-refractivity contribution >= 4 is 5.96 Å². The molecule has 0 aromatic rings. The molecule has 2 N–H and O–H groups in total. The Morgan fingerprint density at radius 1 is 1.36 bits per heavy atom. The van der Waals surface area contributed by atoms with Gasteiger partial charge in [0.1, 0.15) is 0 Å². The zero-order valence-electron chi connectivity index (χ0n) is 14.4. The molecule has 0 aromatic carbocycles. The van der Waals surface area contributed by atoms with Crippen LogP contribution in [0.15, 0.2) is 4.99 Å². The van der Waals surface area contributed by atoms with Gasteiger partial charge in [0.15, 0.2) is 5.96 Å². The molecule has 0 aromatic heterocycles. The Morgan fingerprint density at radius 3 is 2.73 bits per heavy atom. The van der Waals surface area contributed by atoms with Crippen LogP contribution in [-0.4, -0.2) is 51.0 Å². The molecule has 5 heteroatoms. The van der Waals surface area contributed by atoms with E-state index in [4.69, 9.17) is 9.47 Å². The van der Waals surface area contributed by atoms with E-state index in [1.807, 2.05) is 7.05 Å². The number of aliphatic imine (C=N–C) groups is 1.